The van der Waals surface area contributed by atoms with Crippen LogP contribution in [0.25, 0.3) is 0 Å². The van der Waals surface area contributed by atoms with Gasteiger partial charge in [-0.2, -0.15) is 5.10 Å². The molecule has 0 spiro atoms. The molecule has 0 saturated carbocycles. The van der Waals surface area contributed by atoms with Gasteiger partial charge < -0.3 is 0 Å². The van der Waals surface area contributed by atoms with Gasteiger partial charge in [0.15, 0.2) is 0 Å². The van der Waals surface area contributed by atoms with E-state index in [2.05, 4.69) is 15.8 Å². The van der Waals surface area contributed by atoms with E-state index in [1.807, 2.05) is 6.92 Å². The van der Waals surface area contributed by atoms with Crippen LogP contribution in [0.5, 0.6) is 0 Å². The smallest absolute Gasteiger partial charge is 0.123 e. The summed E-state index contributed by atoms with van der Waals surface area (Å²) in [5, 5.41) is 11.7. The zero-order chi connectivity index (χ0) is 11.8. The van der Waals surface area contributed by atoms with Crippen LogP contribution in [-0.2, 0) is 0 Å². The van der Waals surface area contributed by atoms with Crippen molar-refractivity contribution in [2.75, 3.05) is 5.75 Å². The summed E-state index contributed by atoms with van der Waals surface area (Å²) in [6, 6.07) is 6.38. The van der Waals surface area contributed by atoms with Crippen molar-refractivity contribution in [3.8, 4) is 5.31 Å². The molecule has 0 aromatic heterocycles. The molecule has 1 rings (SSSR count). The van der Waals surface area contributed by atoms with E-state index in [4.69, 9.17) is 5.14 Å². The number of hydrogen-bond donors (Lipinski definition) is 2. The molecule has 3 N–H and O–H groups in total. The highest BCUT2D eigenvalue weighted by molar-refractivity contribution is 8.00. The van der Waals surface area contributed by atoms with Gasteiger partial charge in [0, 0.05) is 16.4 Å². The lowest BCUT2D eigenvalue weighted by atomic mass is 10.4. The number of rotatable bonds is 4. The van der Waals surface area contributed by atoms with Gasteiger partial charge in [-0.25, -0.2) is 9.82 Å². The standard InChI is InChI=1S/C10H12FN3S2/c1-8(14-13-7-16-12)6-15-10-4-2-9(11)3-5-10/h2-5,13H,6,12H2,1H3/b14-8+. The summed E-state index contributed by atoms with van der Waals surface area (Å²) >= 11 is 2.53. The molecule has 86 valence electrons. The first-order valence-corrected chi connectivity index (χ1v) is 6.36. The summed E-state index contributed by atoms with van der Waals surface area (Å²) in [5.74, 6) is 0.510. The Morgan fingerprint density at radius 3 is 2.81 bits per heavy atom. The molecule has 0 heterocycles. The third kappa shape index (κ3) is 5.14. The molecule has 3 nitrogen and oxygen atoms in total. The number of nitrogens with two attached hydrogens (primary N) is 1. The second kappa shape index (κ2) is 7.24. The molecule has 0 saturated heterocycles. The molecule has 0 radical (unpaired) electrons. The van der Waals surface area contributed by atoms with Crippen molar-refractivity contribution < 1.29 is 4.39 Å². The molecule has 16 heavy (non-hydrogen) atoms. The summed E-state index contributed by atoms with van der Waals surface area (Å²) in [7, 11) is 0. The van der Waals surface area contributed by atoms with Crippen LogP contribution in [0.1, 0.15) is 6.92 Å². The summed E-state index contributed by atoms with van der Waals surface area (Å²) in [5.41, 5.74) is 3.50. The Labute approximate surface area is 102 Å². The quantitative estimate of drug-likeness (QED) is 0.286. The van der Waals surface area contributed by atoms with Crippen LogP contribution < -0.4 is 10.6 Å². The lowest BCUT2D eigenvalue weighted by Gasteiger charge is -2.00. The molecule has 0 fully saturated rings. The lowest BCUT2D eigenvalue weighted by Crippen LogP contribution is -2.03. The molecule has 1 aromatic carbocycles. The van der Waals surface area contributed by atoms with E-state index in [-0.39, 0.29) is 5.82 Å². The highest BCUT2D eigenvalue weighted by Crippen LogP contribution is 2.17. The van der Waals surface area contributed by atoms with Crippen LogP contribution in [0.4, 0.5) is 4.39 Å². The normalized spacial score (nSPS) is 10.8. The van der Waals surface area contributed by atoms with Crippen molar-refractivity contribution in [1.29, 1.82) is 0 Å². The molecule has 0 aliphatic heterocycles. The number of nitrogens with zero attached hydrogens (tertiary/aromatic N) is 1. The summed E-state index contributed by atoms with van der Waals surface area (Å²) in [4.78, 5) is 1.01. The lowest BCUT2D eigenvalue weighted by molar-refractivity contribution is 0.626. The topological polar surface area (TPSA) is 50.4 Å². The Hall–Kier alpha value is -1.07. The molecule has 0 amide bonds. The van der Waals surface area contributed by atoms with Crippen molar-refractivity contribution in [3.05, 3.63) is 30.1 Å². The largest absolute Gasteiger partial charge is 0.251 e. The average molecular weight is 257 g/mol. The summed E-state index contributed by atoms with van der Waals surface area (Å²) in [6.45, 7) is 1.90. The molecular weight excluding hydrogens is 245 g/mol. The molecular formula is C10H12FN3S2. The minimum atomic E-state index is -0.222. The van der Waals surface area contributed by atoms with Gasteiger partial charge in [0.25, 0.3) is 0 Å². The SMILES string of the molecule is C/C(CSc1ccc(F)cc1)=N\NC#SN. The van der Waals surface area contributed by atoms with Gasteiger partial charge in [0.2, 0.25) is 0 Å². The van der Waals surface area contributed by atoms with E-state index in [1.54, 1.807) is 23.9 Å². The van der Waals surface area contributed by atoms with Crippen LogP contribution in [-0.4, -0.2) is 11.5 Å². The zero-order valence-corrected chi connectivity index (χ0v) is 10.4. The second-order valence-corrected chi connectivity index (χ2v) is 4.41. The van der Waals surface area contributed by atoms with Gasteiger partial charge in [-0.1, -0.05) is 0 Å². The number of halogens is 1. The molecule has 0 bridgehead atoms. The average Bonchev–Trinajstić information content (AvgIpc) is 2.29. The van der Waals surface area contributed by atoms with Crippen molar-refractivity contribution >= 4 is 28.8 Å². The molecule has 0 unspecified atom stereocenters. The predicted molar refractivity (Wildman–Crippen MR) is 69.0 cm³/mol. The zero-order valence-electron chi connectivity index (χ0n) is 8.74. The van der Waals surface area contributed by atoms with E-state index >= 15 is 0 Å². The Kier molecular flexibility index (Phi) is 5.88. The second-order valence-electron chi connectivity index (χ2n) is 2.92. The molecule has 0 aliphatic carbocycles. The maximum Gasteiger partial charge on any atom is 0.123 e. The number of hydrazone groups is 1. The Morgan fingerprint density at radius 2 is 2.19 bits per heavy atom. The first-order chi connectivity index (χ1) is 7.72. The van der Waals surface area contributed by atoms with E-state index in [0.29, 0.717) is 0 Å². The Balaban J connectivity index is 2.41. The number of benzene rings is 1. The minimum Gasteiger partial charge on any atom is -0.251 e. The van der Waals surface area contributed by atoms with Gasteiger partial charge in [-0.05, 0) is 42.5 Å². The first-order valence-electron chi connectivity index (χ1n) is 4.49. The van der Waals surface area contributed by atoms with Gasteiger partial charge in [-0.15, -0.1) is 11.8 Å². The van der Waals surface area contributed by atoms with E-state index < -0.39 is 0 Å². The van der Waals surface area contributed by atoms with Gasteiger partial charge in [-0.3, -0.25) is 5.14 Å². The Morgan fingerprint density at radius 1 is 1.50 bits per heavy atom. The number of hydrogen-bond acceptors (Lipinski definition) is 4. The predicted octanol–water partition coefficient (Wildman–Crippen LogP) is 2.41. The minimum absolute atomic E-state index is 0.222. The monoisotopic (exact) mass is 257 g/mol. The third-order valence-electron chi connectivity index (χ3n) is 1.61. The highest BCUT2D eigenvalue weighted by atomic mass is 32.2. The van der Waals surface area contributed by atoms with Crippen LogP contribution in [0.15, 0.2) is 34.3 Å². The van der Waals surface area contributed by atoms with Crippen LogP contribution in [0.3, 0.4) is 0 Å². The summed E-state index contributed by atoms with van der Waals surface area (Å²) < 4.78 is 12.6. The van der Waals surface area contributed by atoms with Crippen molar-refractivity contribution in [3.63, 3.8) is 0 Å². The van der Waals surface area contributed by atoms with Gasteiger partial charge in [0.1, 0.15) is 5.82 Å². The summed E-state index contributed by atoms with van der Waals surface area (Å²) in [6.07, 6.45) is 0. The maximum absolute atomic E-state index is 12.6. The van der Waals surface area contributed by atoms with Gasteiger partial charge >= 0.3 is 0 Å². The van der Waals surface area contributed by atoms with E-state index in [0.717, 1.165) is 27.7 Å². The number of nitrogens with one attached hydrogen (secondary N) is 1. The van der Waals surface area contributed by atoms with E-state index in [1.165, 1.54) is 12.1 Å². The molecule has 1 aromatic rings. The first kappa shape index (κ1) is 13.0. The fraction of sp³-hybridized carbons (Fsp3) is 0.200. The fourth-order valence-corrected chi connectivity index (χ4v) is 1.76. The number of thioether (sulfide) groups is 1. The third-order valence-corrected chi connectivity index (χ3v) is 2.99. The van der Waals surface area contributed by atoms with Crippen molar-refractivity contribution in [2.45, 2.75) is 11.8 Å². The molecule has 0 atom stereocenters. The maximum atomic E-state index is 12.6. The fourth-order valence-electron chi connectivity index (χ4n) is 0.895. The van der Waals surface area contributed by atoms with Crippen LogP contribution >= 0.6 is 23.1 Å². The molecule has 6 heteroatoms. The Bertz CT molecular complexity index is 420. The highest BCUT2D eigenvalue weighted by Gasteiger charge is 1.96. The van der Waals surface area contributed by atoms with Crippen LogP contribution in [0.2, 0.25) is 0 Å². The van der Waals surface area contributed by atoms with Gasteiger partial charge in [0.05, 0.1) is 5.31 Å². The van der Waals surface area contributed by atoms with Crippen LogP contribution in [0, 0.1) is 11.1 Å². The van der Waals surface area contributed by atoms with E-state index in [9.17, 15) is 4.39 Å². The van der Waals surface area contributed by atoms with Crippen molar-refractivity contribution in [2.24, 2.45) is 10.2 Å². The van der Waals surface area contributed by atoms with Crippen molar-refractivity contribution in [1.82, 2.24) is 5.43 Å². The molecule has 0 aliphatic rings.